The monoisotopic (exact) mass is 258 g/mol. The van der Waals surface area contributed by atoms with Crippen LogP contribution in [0.25, 0.3) is 0 Å². The first kappa shape index (κ1) is 13.2. The molecule has 1 fully saturated rings. The Morgan fingerprint density at radius 2 is 1.78 bits per heavy atom. The van der Waals surface area contributed by atoms with Crippen LogP contribution in [-0.2, 0) is 6.18 Å². The molecule has 2 nitrogen and oxygen atoms in total. The van der Waals surface area contributed by atoms with Crippen molar-refractivity contribution in [3.63, 3.8) is 0 Å². The summed E-state index contributed by atoms with van der Waals surface area (Å²) in [6.45, 7) is 0. The highest BCUT2D eigenvalue weighted by Gasteiger charge is 2.30. The fourth-order valence-electron chi connectivity index (χ4n) is 2.35. The first-order chi connectivity index (χ1) is 8.45. The van der Waals surface area contributed by atoms with Crippen molar-refractivity contribution in [1.29, 1.82) is 0 Å². The van der Waals surface area contributed by atoms with Gasteiger partial charge in [-0.3, -0.25) is 0 Å². The Morgan fingerprint density at radius 3 is 2.33 bits per heavy atom. The molecule has 0 amide bonds. The first-order valence-electron chi connectivity index (χ1n) is 6.14. The molecule has 0 radical (unpaired) electrons. The minimum atomic E-state index is -4.27. The third-order valence-electron chi connectivity index (χ3n) is 3.30. The average molecular weight is 258 g/mol. The molecule has 2 atom stereocenters. The lowest BCUT2D eigenvalue weighted by Crippen LogP contribution is -2.34. The van der Waals surface area contributed by atoms with Gasteiger partial charge >= 0.3 is 6.18 Å². The molecule has 0 aromatic heterocycles. The molecular formula is C13H17F3N2. The van der Waals surface area contributed by atoms with E-state index in [9.17, 15) is 13.2 Å². The first-order valence-corrected chi connectivity index (χ1v) is 6.14. The van der Waals surface area contributed by atoms with Crippen molar-refractivity contribution in [2.75, 3.05) is 5.32 Å². The zero-order valence-electron chi connectivity index (χ0n) is 10.0. The molecule has 1 aromatic rings. The summed E-state index contributed by atoms with van der Waals surface area (Å²) in [5.41, 5.74) is 5.98. The number of alkyl halides is 3. The molecule has 5 heteroatoms. The van der Waals surface area contributed by atoms with Crippen LogP contribution in [0.4, 0.5) is 18.9 Å². The van der Waals surface area contributed by atoms with E-state index in [0.717, 1.165) is 43.5 Å². The third-order valence-corrected chi connectivity index (χ3v) is 3.30. The summed E-state index contributed by atoms with van der Waals surface area (Å²) >= 11 is 0. The second-order valence-electron chi connectivity index (χ2n) is 4.84. The molecule has 1 aliphatic rings. The number of halogens is 3. The summed E-state index contributed by atoms with van der Waals surface area (Å²) in [7, 11) is 0. The van der Waals surface area contributed by atoms with Gasteiger partial charge in [0.05, 0.1) is 5.56 Å². The Labute approximate surface area is 104 Å². The zero-order chi connectivity index (χ0) is 13.2. The van der Waals surface area contributed by atoms with Gasteiger partial charge < -0.3 is 11.1 Å². The summed E-state index contributed by atoms with van der Waals surface area (Å²) in [6, 6.07) is 5.62. The molecule has 2 rings (SSSR count). The van der Waals surface area contributed by atoms with E-state index in [1.54, 1.807) is 0 Å². The van der Waals surface area contributed by atoms with Gasteiger partial charge in [0.1, 0.15) is 0 Å². The summed E-state index contributed by atoms with van der Waals surface area (Å²) in [5.74, 6) is 0. The van der Waals surface area contributed by atoms with Crippen molar-refractivity contribution in [1.82, 2.24) is 0 Å². The maximum atomic E-state index is 12.4. The molecular weight excluding hydrogens is 241 g/mol. The number of nitrogens with two attached hydrogens (primary N) is 1. The van der Waals surface area contributed by atoms with Gasteiger partial charge in [0.25, 0.3) is 0 Å². The molecule has 0 aliphatic heterocycles. The third kappa shape index (κ3) is 3.38. The van der Waals surface area contributed by atoms with Crippen molar-refractivity contribution >= 4 is 5.69 Å². The van der Waals surface area contributed by atoms with Crippen LogP contribution in [0, 0.1) is 0 Å². The predicted octanol–water partition coefficient (Wildman–Crippen LogP) is 3.39. The van der Waals surface area contributed by atoms with Crippen LogP contribution in [0.5, 0.6) is 0 Å². The van der Waals surface area contributed by atoms with Crippen LogP contribution in [-0.4, -0.2) is 12.1 Å². The topological polar surface area (TPSA) is 38.0 Å². The lowest BCUT2D eigenvalue weighted by molar-refractivity contribution is -0.137. The Kier molecular flexibility index (Phi) is 3.80. The van der Waals surface area contributed by atoms with E-state index in [-0.39, 0.29) is 12.1 Å². The molecule has 0 bridgehead atoms. The van der Waals surface area contributed by atoms with Crippen molar-refractivity contribution in [2.45, 2.75) is 43.9 Å². The van der Waals surface area contributed by atoms with Gasteiger partial charge in [-0.25, -0.2) is 0 Å². The summed E-state index contributed by atoms with van der Waals surface area (Å²) in [5, 5.41) is 3.24. The van der Waals surface area contributed by atoms with Crippen LogP contribution in [0.3, 0.4) is 0 Å². The quantitative estimate of drug-likeness (QED) is 0.853. The SMILES string of the molecule is NC1CCCC(Nc2ccc(C(F)(F)F)cc2)C1. The van der Waals surface area contributed by atoms with Crippen LogP contribution in [0.1, 0.15) is 31.2 Å². The largest absolute Gasteiger partial charge is 0.416 e. The normalized spacial score (nSPS) is 24.9. The molecule has 1 aliphatic carbocycles. The second-order valence-corrected chi connectivity index (χ2v) is 4.84. The van der Waals surface area contributed by atoms with E-state index in [1.165, 1.54) is 12.1 Å². The Balaban J connectivity index is 1.98. The van der Waals surface area contributed by atoms with Crippen molar-refractivity contribution in [2.24, 2.45) is 5.73 Å². The standard InChI is InChI=1S/C13H17F3N2/c14-13(15,16)9-4-6-11(7-5-9)18-12-3-1-2-10(17)8-12/h4-7,10,12,18H,1-3,8,17H2. The van der Waals surface area contributed by atoms with E-state index in [0.29, 0.717) is 0 Å². The number of hydrogen-bond donors (Lipinski definition) is 2. The van der Waals surface area contributed by atoms with Gasteiger partial charge in [-0.05, 0) is 49.9 Å². The van der Waals surface area contributed by atoms with Gasteiger partial charge in [0.15, 0.2) is 0 Å². The Morgan fingerprint density at radius 1 is 1.11 bits per heavy atom. The number of hydrogen-bond acceptors (Lipinski definition) is 2. The number of rotatable bonds is 2. The molecule has 3 N–H and O–H groups in total. The smallest absolute Gasteiger partial charge is 0.382 e. The number of anilines is 1. The second kappa shape index (κ2) is 5.18. The van der Waals surface area contributed by atoms with E-state index >= 15 is 0 Å². The molecule has 100 valence electrons. The fourth-order valence-corrected chi connectivity index (χ4v) is 2.35. The van der Waals surface area contributed by atoms with Gasteiger partial charge in [-0.1, -0.05) is 0 Å². The van der Waals surface area contributed by atoms with Gasteiger partial charge in [-0.15, -0.1) is 0 Å². The van der Waals surface area contributed by atoms with E-state index in [1.807, 2.05) is 0 Å². The van der Waals surface area contributed by atoms with Crippen molar-refractivity contribution in [3.8, 4) is 0 Å². The lowest BCUT2D eigenvalue weighted by Gasteiger charge is -2.28. The fraction of sp³-hybridized carbons (Fsp3) is 0.538. The predicted molar refractivity (Wildman–Crippen MR) is 65.3 cm³/mol. The van der Waals surface area contributed by atoms with Crippen LogP contribution in [0.15, 0.2) is 24.3 Å². The molecule has 18 heavy (non-hydrogen) atoms. The Hall–Kier alpha value is -1.23. The molecule has 1 saturated carbocycles. The van der Waals surface area contributed by atoms with Gasteiger partial charge in [-0.2, -0.15) is 13.2 Å². The lowest BCUT2D eigenvalue weighted by atomic mass is 9.91. The molecule has 0 spiro atoms. The minimum Gasteiger partial charge on any atom is -0.382 e. The van der Waals surface area contributed by atoms with Crippen LogP contribution >= 0.6 is 0 Å². The van der Waals surface area contributed by atoms with Gasteiger partial charge in [0.2, 0.25) is 0 Å². The summed E-state index contributed by atoms with van der Waals surface area (Å²) < 4.78 is 37.2. The Bertz CT molecular complexity index is 386. The van der Waals surface area contributed by atoms with Crippen LogP contribution in [0.2, 0.25) is 0 Å². The summed E-state index contributed by atoms with van der Waals surface area (Å²) in [6.07, 6.45) is -0.272. The summed E-state index contributed by atoms with van der Waals surface area (Å²) in [4.78, 5) is 0. The van der Waals surface area contributed by atoms with E-state index in [4.69, 9.17) is 5.73 Å². The number of benzene rings is 1. The average Bonchev–Trinajstić information content (AvgIpc) is 2.28. The molecule has 1 aromatic carbocycles. The minimum absolute atomic E-state index is 0.200. The maximum absolute atomic E-state index is 12.4. The maximum Gasteiger partial charge on any atom is 0.416 e. The molecule has 0 heterocycles. The van der Waals surface area contributed by atoms with E-state index in [2.05, 4.69) is 5.32 Å². The molecule has 0 saturated heterocycles. The molecule has 2 unspecified atom stereocenters. The highest BCUT2D eigenvalue weighted by atomic mass is 19.4. The zero-order valence-corrected chi connectivity index (χ0v) is 10.0. The van der Waals surface area contributed by atoms with Crippen molar-refractivity contribution < 1.29 is 13.2 Å². The number of nitrogens with one attached hydrogen (secondary N) is 1. The van der Waals surface area contributed by atoms with Crippen LogP contribution < -0.4 is 11.1 Å². The highest BCUT2D eigenvalue weighted by Crippen LogP contribution is 2.30. The van der Waals surface area contributed by atoms with Gasteiger partial charge in [0, 0.05) is 17.8 Å². The highest BCUT2D eigenvalue weighted by molar-refractivity contribution is 5.46. The van der Waals surface area contributed by atoms with E-state index < -0.39 is 11.7 Å². The van der Waals surface area contributed by atoms with Crippen molar-refractivity contribution in [3.05, 3.63) is 29.8 Å².